The monoisotopic (exact) mass is 360 g/mol. The van der Waals surface area contributed by atoms with Gasteiger partial charge in [0.2, 0.25) is 0 Å². The molecule has 2 atom stereocenters. The summed E-state index contributed by atoms with van der Waals surface area (Å²) in [4.78, 5) is 15.0. The molecule has 5 nitrogen and oxygen atoms in total. The van der Waals surface area contributed by atoms with E-state index in [4.69, 9.17) is 9.47 Å². The van der Waals surface area contributed by atoms with E-state index < -0.39 is 5.60 Å². The van der Waals surface area contributed by atoms with Gasteiger partial charge in [0, 0.05) is 25.9 Å². The maximum Gasteiger partial charge on any atom is 0.256 e. The Hall–Kier alpha value is -1.59. The largest absolute Gasteiger partial charge is 0.492 e. The van der Waals surface area contributed by atoms with E-state index in [1.807, 2.05) is 31.2 Å². The van der Waals surface area contributed by atoms with Crippen LogP contribution in [-0.4, -0.2) is 49.8 Å². The van der Waals surface area contributed by atoms with E-state index in [0.717, 1.165) is 36.7 Å². The number of piperidine rings is 1. The van der Waals surface area contributed by atoms with Gasteiger partial charge in [-0.25, -0.2) is 0 Å². The Bertz CT molecular complexity index is 600. The van der Waals surface area contributed by atoms with Gasteiger partial charge in [0.1, 0.15) is 18.0 Å². The second kappa shape index (κ2) is 8.40. The zero-order chi connectivity index (χ0) is 18.6. The SMILES string of the molecule is COC(C)(C(=O)Nc1ccc(OCCN2CCCC(C)C2)cc1)C1CC1. The molecule has 2 aliphatic rings. The molecule has 1 aliphatic heterocycles. The van der Waals surface area contributed by atoms with Crippen molar-refractivity contribution in [3.8, 4) is 5.75 Å². The number of hydrogen-bond acceptors (Lipinski definition) is 4. The third-order valence-corrected chi connectivity index (χ3v) is 5.76. The summed E-state index contributed by atoms with van der Waals surface area (Å²) in [7, 11) is 1.61. The number of amides is 1. The highest BCUT2D eigenvalue weighted by atomic mass is 16.5. The van der Waals surface area contributed by atoms with Crippen LogP contribution in [0.5, 0.6) is 5.75 Å². The molecule has 1 saturated carbocycles. The molecule has 2 unspecified atom stereocenters. The first-order chi connectivity index (χ1) is 12.5. The summed E-state index contributed by atoms with van der Waals surface area (Å²) in [5.41, 5.74) is 0.0388. The van der Waals surface area contributed by atoms with Crippen molar-refractivity contribution in [2.45, 2.75) is 45.1 Å². The number of benzene rings is 1. The molecule has 3 rings (SSSR count). The molecule has 1 aliphatic carbocycles. The first-order valence-electron chi connectivity index (χ1n) is 9.83. The topological polar surface area (TPSA) is 50.8 Å². The van der Waals surface area contributed by atoms with Crippen molar-refractivity contribution in [1.29, 1.82) is 0 Å². The highest BCUT2D eigenvalue weighted by Crippen LogP contribution is 2.42. The average molecular weight is 360 g/mol. The molecule has 1 N–H and O–H groups in total. The van der Waals surface area contributed by atoms with E-state index in [1.54, 1.807) is 7.11 Å². The van der Waals surface area contributed by atoms with Crippen molar-refractivity contribution in [3.05, 3.63) is 24.3 Å². The number of anilines is 1. The number of nitrogens with one attached hydrogen (secondary N) is 1. The smallest absolute Gasteiger partial charge is 0.256 e. The molecule has 0 radical (unpaired) electrons. The van der Waals surface area contributed by atoms with E-state index in [0.29, 0.717) is 12.5 Å². The lowest BCUT2D eigenvalue weighted by atomic mass is 9.99. The molecular weight excluding hydrogens is 328 g/mol. The van der Waals surface area contributed by atoms with Gasteiger partial charge in [-0.15, -0.1) is 0 Å². The molecule has 26 heavy (non-hydrogen) atoms. The molecule has 144 valence electrons. The maximum absolute atomic E-state index is 12.5. The Morgan fingerprint density at radius 3 is 2.62 bits per heavy atom. The number of carbonyl (C=O) groups excluding carboxylic acids is 1. The summed E-state index contributed by atoms with van der Waals surface area (Å²) >= 11 is 0. The third-order valence-electron chi connectivity index (χ3n) is 5.76. The van der Waals surface area contributed by atoms with Gasteiger partial charge in [0.05, 0.1) is 0 Å². The average Bonchev–Trinajstić information content (AvgIpc) is 3.48. The third kappa shape index (κ3) is 4.77. The summed E-state index contributed by atoms with van der Waals surface area (Å²) < 4.78 is 11.4. The fourth-order valence-electron chi connectivity index (χ4n) is 3.75. The van der Waals surface area contributed by atoms with Crippen molar-refractivity contribution in [2.75, 3.05) is 38.7 Å². The second-order valence-electron chi connectivity index (χ2n) is 7.96. The van der Waals surface area contributed by atoms with Crippen LogP contribution in [-0.2, 0) is 9.53 Å². The number of hydrogen-bond donors (Lipinski definition) is 1. The molecule has 0 aromatic heterocycles. The van der Waals surface area contributed by atoms with Crippen LogP contribution in [0.1, 0.15) is 39.5 Å². The van der Waals surface area contributed by atoms with Crippen LogP contribution in [0.25, 0.3) is 0 Å². The van der Waals surface area contributed by atoms with Crippen molar-refractivity contribution >= 4 is 11.6 Å². The van der Waals surface area contributed by atoms with Crippen molar-refractivity contribution < 1.29 is 14.3 Å². The molecule has 5 heteroatoms. The Morgan fingerprint density at radius 1 is 1.27 bits per heavy atom. The Kier molecular flexibility index (Phi) is 6.20. The van der Waals surface area contributed by atoms with E-state index in [2.05, 4.69) is 17.1 Å². The molecule has 1 saturated heterocycles. The molecule has 1 heterocycles. The normalized spacial score (nSPS) is 23.3. The highest BCUT2D eigenvalue weighted by molar-refractivity contribution is 5.97. The van der Waals surface area contributed by atoms with Gasteiger partial charge in [-0.05, 0) is 75.3 Å². The summed E-state index contributed by atoms with van der Waals surface area (Å²) in [6.45, 7) is 8.21. The van der Waals surface area contributed by atoms with Crippen molar-refractivity contribution in [1.82, 2.24) is 4.90 Å². The van der Waals surface area contributed by atoms with E-state index in [-0.39, 0.29) is 5.91 Å². The van der Waals surface area contributed by atoms with Crippen LogP contribution in [0, 0.1) is 11.8 Å². The summed E-state index contributed by atoms with van der Waals surface area (Å²) in [6, 6.07) is 7.60. The van der Waals surface area contributed by atoms with Crippen LogP contribution in [0.15, 0.2) is 24.3 Å². The molecule has 0 bridgehead atoms. The van der Waals surface area contributed by atoms with Crippen LogP contribution < -0.4 is 10.1 Å². The molecule has 1 aromatic rings. The molecular formula is C21H32N2O3. The number of carbonyl (C=O) groups is 1. The van der Waals surface area contributed by atoms with E-state index in [1.165, 1.54) is 25.9 Å². The maximum atomic E-state index is 12.5. The van der Waals surface area contributed by atoms with Crippen LogP contribution in [0.4, 0.5) is 5.69 Å². The minimum absolute atomic E-state index is 0.0737. The van der Waals surface area contributed by atoms with Gasteiger partial charge in [0.15, 0.2) is 0 Å². The van der Waals surface area contributed by atoms with Gasteiger partial charge in [0.25, 0.3) is 5.91 Å². The Balaban J connectivity index is 1.45. The minimum atomic E-state index is -0.735. The van der Waals surface area contributed by atoms with Gasteiger partial charge in [-0.3, -0.25) is 9.69 Å². The molecule has 1 aromatic carbocycles. The number of nitrogens with zero attached hydrogens (tertiary/aromatic N) is 1. The van der Waals surface area contributed by atoms with Crippen molar-refractivity contribution in [3.63, 3.8) is 0 Å². The number of rotatable bonds is 8. The quantitative estimate of drug-likeness (QED) is 0.770. The van der Waals surface area contributed by atoms with E-state index in [9.17, 15) is 4.79 Å². The fraction of sp³-hybridized carbons (Fsp3) is 0.667. The zero-order valence-electron chi connectivity index (χ0n) is 16.3. The number of likely N-dealkylation sites (tertiary alicyclic amines) is 1. The predicted octanol–water partition coefficient (Wildman–Crippen LogP) is 3.55. The van der Waals surface area contributed by atoms with Gasteiger partial charge >= 0.3 is 0 Å². The predicted molar refractivity (Wildman–Crippen MR) is 104 cm³/mol. The minimum Gasteiger partial charge on any atom is -0.492 e. The summed E-state index contributed by atoms with van der Waals surface area (Å²) in [6.07, 6.45) is 4.74. The van der Waals surface area contributed by atoms with Gasteiger partial charge < -0.3 is 14.8 Å². The first kappa shape index (κ1) is 19.2. The molecule has 1 amide bonds. The van der Waals surface area contributed by atoms with Crippen molar-refractivity contribution in [2.24, 2.45) is 11.8 Å². The first-order valence-corrected chi connectivity index (χ1v) is 9.83. The fourth-order valence-corrected chi connectivity index (χ4v) is 3.75. The lowest BCUT2D eigenvalue weighted by molar-refractivity contribution is -0.138. The van der Waals surface area contributed by atoms with E-state index >= 15 is 0 Å². The van der Waals surface area contributed by atoms with Gasteiger partial charge in [-0.2, -0.15) is 0 Å². The Labute approximate surface area is 157 Å². The summed E-state index contributed by atoms with van der Waals surface area (Å²) in [5.74, 6) is 1.88. The number of ether oxygens (including phenoxy) is 2. The van der Waals surface area contributed by atoms with Crippen LogP contribution in [0.2, 0.25) is 0 Å². The lowest BCUT2D eigenvalue weighted by Crippen LogP contribution is -2.44. The van der Waals surface area contributed by atoms with Gasteiger partial charge in [-0.1, -0.05) is 6.92 Å². The number of methoxy groups -OCH3 is 1. The molecule has 2 fully saturated rings. The summed E-state index contributed by atoms with van der Waals surface area (Å²) in [5, 5.41) is 2.97. The zero-order valence-corrected chi connectivity index (χ0v) is 16.3. The Morgan fingerprint density at radius 2 is 2.00 bits per heavy atom. The lowest BCUT2D eigenvalue weighted by Gasteiger charge is -2.30. The molecule has 0 spiro atoms. The van der Waals surface area contributed by atoms with Crippen LogP contribution in [0.3, 0.4) is 0 Å². The second-order valence-corrected chi connectivity index (χ2v) is 7.96. The standard InChI is InChI=1S/C21H32N2O3/c1-16-5-4-12-23(15-16)13-14-26-19-10-8-18(9-11-19)22-20(24)21(2,25-3)17-6-7-17/h8-11,16-17H,4-7,12-15H2,1-3H3,(H,22,24). The van der Waals surface area contributed by atoms with Crippen LogP contribution >= 0.6 is 0 Å². The highest BCUT2D eigenvalue weighted by Gasteiger charge is 2.47.